The number of hydrogen-bond donors (Lipinski definition) is 2. The summed E-state index contributed by atoms with van der Waals surface area (Å²) in [6.07, 6.45) is 0. The van der Waals surface area contributed by atoms with Gasteiger partial charge in [-0.2, -0.15) is 0 Å². The average Bonchev–Trinajstić information content (AvgIpc) is 3.02. The van der Waals surface area contributed by atoms with Gasteiger partial charge in [0, 0.05) is 7.05 Å². The molecule has 0 aliphatic rings. The number of para-hydroxylation sites is 2. The molecule has 0 saturated heterocycles. The molecule has 166 valence electrons. The number of rotatable bonds is 6. The molecule has 4 aromatic rings. The minimum Gasteiger partial charge on any atom is -0.307 e. The molecule has 11 heteroatoms. The highest BCUT2D eigenvalue weighted by Crippen LogP contribution is 2.28. The molecule has 0 aliphatic heterocycles. The molecule has 0 radical (unpaired) electrons. The maximum absolute atomic E-state index is 14.1. The number of anilines is 2. The molecule has 7 nitrogen and oxygen atoms in total. The smallest absolute Gasteiger partial charge is 0.261 e. The monoisotopic (exact) mass is 491 g/mol. The molecule has 0 saturated carbocycles. The first-order valence-electron chi connectivity index (χ1n) is 9.20. The van der Waals surface area contributed by atoms with Gasteiger partial charge >= 0.3 is 0 Å². The molecule has 3 aromatic carbocycles. The lowest BCUT2D eigenvalue weighted by Crippen LogP contribution is -2.18. The first kappa shape index (κ1) is 22.1. The summed E-state index contributed by atoms with van der Waals surface area (Å²) in [6, 6.07) is 16.0. The van der Waals surface area contributed by atoms with Gasteiger partial charge in [-0.15, -0.1) is 0 Å². The van der Waals surface area contributed by atoms with Crippen LogP contribution in [0.15, 0.2) is 81.3 Å². The van der Waals surface area contributed by atoms with Crippen LogP contribution < -0.4 is 14.2 Å². The Kier molecular flexibility index (Phi) is 5.57. The van der Waals surface area contributed by atoms with E-state index in [1.54, 1.807) is 29.2 Å². The summed E-state index contributed by atoms with van der Waals surface area (Å²) in [5.74, 6) is 2.91. The number of nitrogens with zero attached hydrogens (tertiary/aromatic N) is 1. The molecule has 1 aromatic heterocycles. The number of aryl methyl sites for hydroxylation is 1. The summed E-state index contributed by atoms with van der Waals surface area (Å²) in [5, 5.41) is 0.298. The Bertz CT molecular complexity index is 1610. The van der Waals surface area contributed by atoms with Gasteiger partial charge in [-0.1, -0.05) is 24.3 Å². The predicted molar refractivity (Wildman–Crippen MR) is 128 cm³/mol. The normalized spacial score (nSPS) is 13.6. The molecule has 2 N–H and O–H groups in total. The van der Waals surface area contributed by atoms with E-state index in [2.05, 4.69) is 15.3 Å². The van der Waals surface area contributed by atoms with Crippen LogP contribution in [0.4, 0.5) is 15.8 Å². The van der Waals surface area contributed by atoms with Crippen LogP contribution in [0.5, 0.6) is 0 Å². The van der Waals surface area contributed by atoms with Crippen molar-refractivity contribution >= 4 is 59.4 Å². The number of halogens is 1. The molecule has 1 unspecified atom stereocenters. The van der Waals surface area contributed by atoms with Gasteiger partial charge in [-0.05, 0) is 59.9 Å². The van der Waals surface area contributed by atoms with Crippen LogP contribution >= 0.6 is 11.5 Å². The second-order valence-electron chi connectivity index (χ2n) is 6.91. The van der Waals surface area contributed by atoms with Crippen LogP contribution in [0.2, 0.25) is 0 Å². The van der Waals surface area contributed by atoms with Crippen LogP contribution in [0.1, 0.15) is 0 Å². The fourth-order valence-corrected chi connectivity index (χ4v) is 6.35. The Morgan fingerprint density at radius 2 is 1.56 bits per heavy atom. The van der Waals surface area contributed by atoms with Crippen molar-refractivity contribution in [3.63, 3.8) is 0 Å². The SMILES string of the molecule is C=S(=O)(Nc1ccccc1NS(=O)(=O)c1ccc2c(c1)c(=O)sn2C)c1ccccc1F. The maximum atomic E-state index is 14.1. The summed E-state index contributed by atoms with van der Waals surface area (Å²) < 4.78 is 59.8. The van der Waals surface area contributed by atoms with Crippen molar-refractivity contribution in [1.82, 2.24) is 3.96 Å². The molecular weight excluding hydrogens is 473 g/mol. The molecule has 1 atom stereocenters. The zero-order chi connectivity index (χ0) is 23.1. The third kappa shape index (κ3) is 4.14. The summed E-state index contributed by atoms with van der Waals surface area (Å²) >= 11 is 0.980. The molecule has 1 heterocycles. The average molecular weight is 492 g/mol. The zero-order valence-electron chi connectivity index (χ0n) is 16.7. The van der Waals surface area contributed by atoms with Gasteiger partial charge in [0.25, 0.3) is 14.8 Å². The van der Waals surface area contributed by atoms with Crippen molar-refractivity contribution in [2.45, 2.75) is 9.79 Å². The van der Waals surface area contributed by atoms with Crippen molar-refractivity contribution in [3.8, 4) is 0 Å². The number of nitrogens with one attached hydrogen (secondary N) is 2. The van der Waals surface area contributed by atoms with Crippen LogP contribution in [0.25, 0.3) is 10.9 Å². The molecule has 0 aliphatic carbocycles. The molecule has 0 fully saturated rings. The lowest BCUT2D eigenvalue weighted by molar-refractivity contribution is 0.595. The zero-order valence-corrected chi connectivity index (χ0v) is 19.2. The molecule has 0 amide bonds. The summed E-state index contributed by atoms with van der Waals surface area (Å²) in [4.78, 5) is 11.9. The second-order valence-corrected chi connectivity index (χ2v) is 11.7. The van der Waals surface area contributed by atoms with E-state index in [-0.39, 0.29) is 25.9 Å². The fourth-order valence-electron chi connectivity index (χ4n) is 3.15. The first-order chi connectivity index (χ1) is 15.1. The molecule has 0 bridgehead atoms. The third-order valence-corrected chi connectivity index (χ3v) is 8.51. The van der Waals surface area contributed by atoms with Crippen molar-refractivity contribution in [3.05, 3.63) is 82.1 Å². The van der Waals surface area contributed by atoms with Crippen molar-refractivity contribution in [1.29, 1.82) is 0 Å². The van der Waals surface area contributed by atoms with Crippen molar-refractivity contribution in [2.24, 2.45) is 7.05 Å². The van der Waals surface area contributed by atoms with E-state index in [9.17, 15) is 21.8 Å². The number of sulfonamides is 1. The van der Waals surface area contributed by atoms with Crippen molar-refractivity contribution in [2.75, 3.05) is 9.44 Å². The highest BCUT2D eigenvalue weighted by molar-refractivity contribution is 8.01. The maximum Gasteiger partial charge on any atom is 0.261 e. The minimum absolute atomic E-state index is 0.0959. The lowest BCUT2D eigenvalue weighted by Gasteiger charge is -2.17. The van der Waals surface area contributed by atoms with E-state index < -0.39 is 25.5 Å². The van der Waals surface area contributed by atoms with E-state index in [4.69, 9.17) is 0 Å². The Hall–Kier alpha value is -3.15. The number of aromatic nitrogens is 1. The first-order valence-corrected chi connectivity index (χ1v) is 13.2. The van der Waals surface area contributed by atoms with Crippen LogP contribution in [-0.2, 0) is 26.8 Å². The van der Waals surface area contributed by atoms with E-state index in [1.165, 1.54) is 48.5 Å². The van der Waals surface area contributed by atoms with E-state index in [0.29, 0.717) is 10.9 Å². The van der Waals surface area contributed by atoms with Gasteiger partial charge in [0.2, 0.25) is 0 Å². The second kappa shape index (κ2) is 8.08. The van der Waals surface area contributed by atoms with Gasteiger partial charge in [-0.3, -0.25) is 13.5 Å². The minimum atomic E-state index is -4.08. The molecule has 32 heavy (non-hydrogen) atoms. The number of fused-ring (bicyclic) bond motifs is 1. The van der Waals surface area contributed by atoms with Gasteiger partial charge in [0.05, 0.1) is 41.8 Å². The van der Waals surface area contributed by atoms with E-state index in [0.717, 1.165) is 11.5 Å². The Morgan fingerprint density at radius 3 is 2.25 bits per heavy atom. The van der Waals surface area contributed by atoms with Gasteiger partial charge < -0.3 is 4.72 Å². The van der Waals surface area contributed by atoms with Crippen molar-refractivity contribution < 1.29 is 17.0 Å². The fraction of sp³-hybridized carbons (Fsp3) is 0.0476. The van der Waals surface area contributed by atoms with Gasteiger partial charge in [0.15, 0.2) is 0 Å². The Morgan fingerprint density at radius 1 is 0.938 bits per heavy atom. The standard InChI is InChI=1S/C21H18FN3O4S3/c1-25-19-12-11-14(13-15(19)21(26)30-25)32(28,29)24-18-9-5-4-8-17(18)23-31(2,27)20-10-6-3-7-16(20)22/h3-13,24H,2H2,1H3,(H,23,27). The lowest BCUT2D eigenvalue weighted by atomic mass is 10.2. The summed E-state index contributed by atoms with van der Waals surface area (Å²) in [6.45, 7) is 0. The van der Waals surface area contributed by atoms with E-state index >= 15 is 0 Å². The van der Waals surface area contributed by atoms with Crippen LogP contribution in [0.3, 0.4) is 0 Å². The molecular formula is C21H18FN3O4S3. The quantitative estimate of drug-likeness (QED) is 0.403. The number of benzene rings is 3. The van der Waals surface area contributed by atoms with Gasteiger partial charge in [0.1, 0.15) is 5.82 Å². The highest BCUT2D eigenvalue weighted by Gasteiger charge is 2.20. The molecule has 0 spiro atoms. The van der Waals surface area contributed by atoms with Gasteiger partial charge in [-0.25, -0.2) is 17.0 Å². The largest absolute Gasteiger partial charge is 0.307 e. The van der Waals surface area contributed by atoms with Crippen LogP contribution in [0, 0.1) is 5.82 Å². The topological polar surface area (TPSA) is 97.3 Å². The van der Waals surface area contributed by atoms with E-state index in [1.807, 2.05) is 0 Å². The number of hydrogen-bond acceptors (Lipinski definition) is 5. The molecule has 4 rings (SSSR count). The highest BCUT2D eigenvalue weighted by atomic mass is 32.2. The summed E-state index contributed by atoms with van der Waals surface area (Å²) in [7, 11) is -5.69. The summed E-state index contributed by atoms with van der Waals surface area (Å²) in [5.41, 5.74) is 0.882. The predicted octanol–water partition coefficient (Wildman–Crippen LogP) is 3.64. The Balaban J connectivity index is 1.70. The van der Waals surface area contributed by atoms with Crippen LogP contribution in [-0.4, -0.2) is 22.5 Å². The third-order valence-electron chi connectivity index (χ3n) is 4.70. The Labute approximate surface area is 188 Å².